The predicted molar refractivity (Wildman–Crippen MR) is 156 cm³/mol. The Labute approximate surface area is 242 Å². The van der Waals surface area contributed by atoms with Gasteiger partial charge in [-0.15, -0.1) is 0 Å². The maximum absolute atomic E-state index is 12.7. The average Bonchev–Trinajstić information content (AvgIpc) is 2.93. The summed E-state index contributed by atoms with van der Waals surface area (Å²) >= 11 is 18.5. The summed E-state index contributed by atoms with van der Waals surface area (Å²) in [7, 11) is 0. The van der Waals surface area contributed by atoms with Crippen LogP contribution in [0.15, 0.2) is 90.0 Å². The topological polar surface area (TPSA) is 69.2 Å². The number of hydrazone groups is 1. The van der Waals surface area contributed by atoms with Gasteiger partial charge in [0.25, 0.3) is 5.91 Å². The van der Waals surface area contributed by atoms with Crippen molar-refractivity contribution in [2.45, 2.75) is 20.1 Å². The number of rotatable bonds is 11. The molecule has 4 aromatic rings. The van der Waals surface area contributed by atoms with Crippen molar-refractivity contribution < 1.29 is 19.0 Å². The van der Waals surface area contributed by atoms with Crippen LogP contribution in [-0.2, 0) is 13.2 Å². The number of amides is 1. The third kappa shape index (κ3) is 8.14. The van der Waals surface area contributed by atoms with Crippen molar-refractivity contribution in [3.8, 4) is 17.2 Å². The molecule has 0 radical (unpaired) electrons. The van der Waals surface area contributed by atoms with E-state index in [1.165, 1.54) is 6.21 Å². The second-order valence-corrected chi connectivity index (χ2v) is 9.53. The van der Waals surface area contributed by atoms with E-state index in [-0.39, 0.29) is 6.61 Å². The quantitative estimate of drug-likeness (QED) is 0.144. The molecule has 0 heterocycles. The van der Waals surface area contributed by atoms with Crippen LogP contribution < -0.4 is 19.6 Å². The first-order valence-electron chi connectivity index (χ1n) is 12.1. The van der Waals surface area contributed by atoms with E-state index in [1.807, 2.05) is 37.3 Å². The number of nitrogens with zero attached hydrogens (tertiary/aromatic N) is 1. The molecule has 0 spiro atoms. The van der Waals surface area contributed by atoms with Crippen LogP contribution in [0, 0.1) is 0 Å². The van der Waals surface area contributed by atoms with Gasteiger partial charge >= 0.3 is 0 Å². The Morgan fingerprint density at radius 3 is 2.31 bits per heavy atom. The molecule has 1 amide bonds. The highest BCUT2D eigenvalue weighted by Crippen LogP contribution is 2.30. The van der Waals surface area contributed by atoms with Crippen molar-refractivity contribution in [1.29, 1.82) is 0 Å². The molecule has 4 aromatic carbocycles. The van der Waals surface area contributed by atoms with Gasteiger partial charge in [-0.05, 0) is 66.6 Å². The molecule has 0 bridgehead atoms. The summed E-state index contributed by atoms with van der Waals surface area (Å²) in [4.78, 5) is 12.7. The monoisotopic (exact) mass is 582 g/mol. The zero-order chi connectivity index (χ0) is 27.6. The lowest BCUT2D eigenvalue weighted by molar-refractivity contribution is 0.0954. The van der Waals surface area contributed by atoms with E-state index in [0.717, 1.165) is 11.1 Å². The fraction of sp³-hybridized carbons (Fsp3) is 0.133. The highest BCUT2D eigenvalue weighted by molar-refractivity contribution is 6.35. The number of hydrogen-bond acceptors (Lipinski definition) is 5. The third-order valence-electron chi connectivity index (χ3n) is 5.48. The summed E-state index contributed by atoms with van der Waals surface area (Å²) < 4.78 is 17.4. The van der Waals surface area contributed by atoms with E-state index < -0.39 is 5.91 Å². The second kappa shape index (κ2) is 13.9. The molecule has 0 aliphatic rings. The number of ether oxygens (including phenoxy) is 3. The molecule has 0 aliphatic carbocycles. The zero-order valence-corrected chi connectivity index (χ0v) is 23.3. The number of halogens is 3. The third-order valence-corrected chi connectivity index (χ3v) is 6.36. The first kappa shape index (κ1) is 28.3. The molecule has 9 heteroatoms. The van der Waals surface area contributed by atoms with Gasteiger partial charge in [-0.25, -0.2) is 5.43 Å². The Hall–Kier alpha value is -3.71. The molecule has 6 nitrogen and oxygen atoms in total. The fourth-order valence-corrected chi connectivity index (χ4v) is 4.22. The molecule has 0 aromatic heterocycles. The Balaban J connectivity index is 1.35. The number of benzene rings is 4. The van der Waals surface area contributed by atoms with Crippen molar-refractivity contribution >= 4 is 46.9 Å². The maximum Gasteiger partial charge on any atom is 0.271 e. The molecule has 39 heavy (non-hydrogen) atoms. The van der Waals surface area contributed by atoms with Crippen LogP contribution in [-0.4, -0.2) is 18.7 Å². The molecule has 0 atom stereocenters. The van der Waals surface area contributed by atoms with Crippen LogP contribution in [0.4, 0.5) is 0 Å². The lowest BCUT2D eigenvalue weighted by Gasteiger charge is -2.13. The van der Waals surface area contributed by atoms with Gasteiger partial charge in [0.2, 0.25) is 0 Å². The van der Waals surface area contributed by atoms with Crippen LogP contribution in [0.5, 0.6) is 17.2 Å². The fourth-order valence-electron chi connectivity index (χ4n) is 3.51. The molecule has 1 N–H and O–H groups in total. The van der Waals surface area contributed by atoms with Gasteiger partial charge in [0.1, 0.15) is 19.0 Å². The number of carbonyl (C=O) groups excluding carboxylic acids is 1. The van der Waals surface area contributed by atoms with Gasteiger partial charge in [0.05, 0.1) is 17.8 Å². The van der Waals surface area contributed by atoms with Gasteiger partial charge in [0.15, 0.2) is 11.5 Å². The summed E-state index contributed by atoms with van der Waals surface area (Å²) in [6.07, 6.45) is 1.49. The predicted octanol–water partition coefficient (Wildman–Crippen LogP) is 7.97. The Morgan fingerprint density at radius 1 is 0.795 bits per heavy atom. The van der Waals surface area contributed by atoms with Crippen LogP contribution in [0.3, 0.4) is 0 Å². The van der Waals surface area contributed by atoms with E-state index in [1.54, 1.807) is 54.6 Å². The average molecular weight is 584 g/mol. The van der Waals surface area contributed by atoms with E-state index in [9.17, 15) is 4.79 Å². The molecular weight excluding hydrogens is 559 g/mol. The molecule has 0 saturated heterocycles. The number of carbonyl (C=O) groups is 1. The van der Waals surface area contributed by atoms with Crippen molar-refractivity contribution in [1.82, 2.24) is 5.43 Å². The summed E-state index contributed by atoms with van der Waals surface area (Å²) in [6.45, 7) is 2.92. The molecular formula is C30H25Cl3N2O4. The lowest BCUT2D eigenvalue weighted by Crippen LogP contribution is -2.17. The first-order chi connectivity index (χ1) is 18.9. The highest BCUT2D eigenvalue weighted by Gasteiger charge is 2.12. The SMILES string of the molecule is CCOc1cc(C(=O)N/N=C/c2ccc(OCc3ccc(Cl)cc3Cl)c(Cl)c2)ccc1OCc1ccccc1. The minimum atomic E-state index is -0.396. The summed E-state index contributed by atoms with van der Waals surface area (Å²) in [6, 6.07) is 25.2. The normalized spacial score (nSPS) is 10.9. The summed E-state index contributed by atoms with van der Waals surface area (Å²) in [5.74, 6) is 1.12. The largest absolute Gasteiger partial charge is 0.490 e. The standard InChI is InChI=1S/C30H25Cl3N2O4/c1-2-37-29-15-22(10-13-28(29)38-18-20-6-4-3-5-7-20)30(36)35-34-17-21-8-12-27(26(33)14-21)39-19-23-9-11-24(31)16-25(23)32/h3-17H,2,18-19H2,1H3,(H,35,36)/b34-17+. The Morgan fingerprint density at radius 2 is 1.56 bits per heavy atom. The molecule has 0 unspecified atom stereocenters. The van der Waals surface area contributed by atoms with E-state index >= 15 is 0 Å². The summed E-state index contributed by atoms with van der Waals surface area (Å²) in [5.41, 5.74) is 5.39. The van der Waals surface area contributed by atoms with Gasteiger partial charge in [0, 0.05) is 21.2 Å². The molecule has 4 rings (SSSR count). The molecule has 0 fully saturated rings. The molecule has 200 valence electrons. The van der Waals surface area contributed by atoms with Gasteiger partial charge in [-0.2, -0.15) is 5.10 Å². The Kier molecular flexibility index (Phi) is 10.1. The van der Waals surface area contributed by atoms with Gasteiger partial charge in [-0.1, -0.05) is 71.2 Å². The lowest BCUT2D eigenvalue weighted by atomic mass is 10.2. The van der Waals surface area contributed by atoms with Crippen LogP contribution in [0.2, 0.25) is 15.1 Å². The molecule has 0 aliphatic heterocycles. The minimum Gasteiger partial charge on any atom is -0.490 e. The van der Waals surface area contributed by atoms with Crippen molar-refractivity contribution in [2.24, 2.45) is 5.10 Å². The minimum absolute atomic E-state index is 0.235. The van der Waals surface area contributed by atoms with E-state index in [0.29, 0.717) is 56.7 Å². The number of nitrogens with one attached hydrogen (secondary N) is 1. The zero-order valence-electron chi connectivity index (χ0n) is 21.0. The van der Waals surface area contributed by atoms with Crippen LogP contribution in [0.1, 0.15) is 34.0 Å². The van der Waals surface area contributed by atoms with Crippen molar-refractivity contribution in [3.63, 3.8) is 0 Å². The number of hydrogen-bond donors (Lipinski definition) is 1. The maximum atomic E-state index is 12.7. The van der Waals surface area contributed by atoms with Gasteiger partial charge < -0.3 is 14.2 Å². The van der Waals surface area contributed by atoms with Crippen LogP contribution in [0.25, 0.3) is 0 Å². The summed E-state index contributed by atoms with van der Waals surface area (Å²) in [5, 5.41) is 5.51. The molecule has 0 saturated carbocycles. The Bertz CT molecular complexity index is 1460. The van der Waals surface area contributed by atoms with Gasteiger partial charge in [-0.3, -0.25) is 4.79 Å². The smallest absolute Gasteiger partial charge is 0.271 e. The first-order valence-corrected chi connectivity index (χ1v) is 13.2. The second-order valence-electron chi connectivity index (χ2n) is 8.28. The van der Waals surface area contributed by atoms with E-state index in [2.05, 4.69) is 10.5 Å². The van der Waals surface area contributed by atoms with Crippen LogP contribution >= 0.6 is 34.8 Å². The van der Waals surface area contributed by atoms with Crippen molar-refractivity contribution in [3.05, 3.63) is 122 Å². The highest BCUT2D eigenvalue weighted by atomic mass is 35.5. The van der Waals surface area contributed by atoms with Crippen molar-refractivity contribution in [2.75, 3.05) is 6.61 Å². The van der Waals surface area contributed by atoms with E-state index in [4.69, 9.17) is 49.0 Å².